The summed E-state index contributed by atoms with van der Waals surface area (Å²) >= 11 is 0. The lowest BCUT2D eigenvalue weighted by atomic mass is 10.1. The topological polar surface area (TPSA) is 76.0 Å². The molecule has 0 amide bonds. The van der Waals surface area contributed by atoms with Crippen LogP contribution in [0.1, 0.15) is 43.1 Å². The van der Waals surface area contributed by atoms with Crippen molar-refractivity contribution in [1.29, 1.82) is 0 Å². The SMILES string of the molecule is CCOC(=O)c1[nH]ncc1-c1cncn1CCCN1CCCCC1. The molecule has 1 saturated heterocycles. The van der Waals surface area contributed by atoms with E-state index >= 15 is 0 Å². The Kier molecular flexibility index (Phi) is 5.63. The average molecular weight is 331 g/mol. The molecule has 0 aromatic carbocycles. The summed E-state index contributed by atoms with van der Waals surface area (Å²) in [7, 11) is 0. The van der Waals surface area contributed by atoms with Crippen LogP contribution in [0.15, 0.2) is 18.7 Å². The van der Waals surface area contributed by atoms with Crippen LogP contribution in [-0.4, -0.2) is 56.9 Å². The Morgan fingerprint density at radius 3 is 2.88 bits per heavy atom. The van der Waals surface area contributed by atoms with Crippen molar-refractivity contribution in [2.75, 3.05) is 26.2 Å². The summed E-state index contributed by atoms with van der Waals surface area (Å²) in [6.45, 7) is 6.54. The third-order valence-electron chi connectivity index (χ3n) is 4.43. The highest BCUT2D eigenvalue weighted by molar-refractivity contribution is 5.94. The monoisotopic (exact) mass is 331 g/mol. The average Bonchev–Trinajstić information content (AvgIpc) is 3.24. The molecule has 0 atom stereocenters. The number of hydrogen-bond donors (Lipinski definition) is 1. The highest BCUT2D eigenvalue weighted by Crippen LogP contribution is 2.23. The van der Waals surface area contributed by atoms with Gasteiger partial charge in [-0.25, -0.2) is 9.78 Å². The van der Waals surface area contributed by atoms with Gasteiger partial charge in [-0.3, -0.25) is 5.10 Å². The summed E-state index contributed by atoms with van der Waals surface area (Å²) in [4.78, 5) is 18.8. The van der Waals surface area contributed by atoms with Crippen molar-refractivity contribution in [3.8, 4) is 11.3 Å². The summed E-state index contributed by atoms with van der Waals surface area (Å²) in [5, 5.41) is 6.74. The number of piperidine rings is 1. The normalized spacial score (nSPS) is 15.5. The predicted molar refractivity (Wildman–Crippen MR) is 90.7 cm³/mol. The maximum Gasteiger partial charge on any atom is 0.357 e. The lowest BCUT2D eigenvalue weighted by Gasteiger charge is -2.26. The van der Waals surface area contributed by atoms with E-state index in [0.717, 1.165) is 30.8 Å². The minimum atomic E-state index is -0.383. The Labute approximate surface area is 142 Å². The molecule has 130 valence electrons. The molecule has 1 fully saturated rings. The number of aryl methyl sites for hydroxylation is 1. The molecular formula is C17H25N5O2. The van der Waals surface area contributed by atoms with Gasteiger partial charge in [-0.2, -0.15) is 5.10 Å². The molecule has 1 aliphatic rings. The van der Waals surface area contributed by atoms with Crippen molar-refractivity contribution in [3.05, 3.63) is 24.4 Å². The molecule has 0 spiro atoms. The number of imidazole rings is 1. The molecule has 3 rings (SSSR count). The molecule has 7 heteroatoms. The Morgan fingerprint density at radius 2 is 2.08 bits per heavy atom. The summed E-state index contributed by atoms with van der Waals surface area (Å²) in [5.74, 6) is -0.383. The smallest absolute Gasteiger partial charge is 0.357 e. The Bertz CT molecular complexity index is 657. The highest BCUT2D eigenvalue weighted by atomic mass is 16.5. The first-order valence-electron chi connectivity index (χ1n) is 8.73. The van der Waals surface area contributed by atoms with Crippen molar-refractivity contribution in [1.82, 2.24) is 24.6 Å². The number of carbonyl (C=O) groups excluding carboxylic acids is 1. The van der Waals surface area contributed by atoms with Gasteiger partial charge in [0.1, 0.15) is 0 Å². The predicted octanol–water partition coefficient (Wildman–Crippen LogP) is 2.33. The van der Waals surface area contributed by atoms with Gasteiger partial charge in [-0.1, -0.05) is 6.42 Å². The number of rotatable bonds is 7. The highest BCUT2D eigenvalue weighted by Gasteiger charge is 2.19. The summed E-state index contributed by atoms with van der Waals surface area (Å²) < 4.78 is 7.16. The summed E-state index contributed by atoms with van der Waals surface area (Å²) in [6.07, 6.45) is 10.3. The number of ether oxygens (including phenoxy) is 1. The van der Waals surface area contributed by atoms with Gasteiger partial charge >= 0.3 is 5.97 Å². The fourth-order valence-electron chi connectivity index (χ4n) is 3.21. The third kappa shape index (κ3) is 3.84. The van der Waals surface area contributed by atoms with Crippen LogP contribution in [0.2, 0.25) is 0 Å². The molecule has 2 aromatic heterocycles. The van der Waals surface area contributed by atoms with Crippen LogP contribution in [0.25, 0.3) is 11.3 Å². The fraction of sp³-hybridized carbons (Fsp3) is 0.588. The Hall–Kier alpha value is -2.15. The zero-order chi connectivity index (χ0) is 16.8. The fourth-order valence-corrected chi connectivity index (χ4v) is 3.21. The molecule has 1 aliphatic heterocycles. The van der Waals surface area contributed by atoms with Gasteiger partial charge < -0.3 is 14.2 Å². The number of esters is 1. The first-order valence-corrected chi connectivity index (χ1v) is 8.73. The Morgan fingerprint density at radius 1 is 1.25 bits per heavy atom. The number of aromatic nitrogens is 4. The van der Waals surface area contributed by atoms with Crippen molar-refractivity contribution in [2.45, 2.75) is 39.2 Å². The minimum absolute atomic E-state index is 0.340. The van der Waals surface area contributed by atoms with Crippen LogP contribution in [0.3, 0.4) is 0 Å². The van der Waals surface area contributed by atoms with Crippen molar-refractivity contribution in [3.63, 3.8) is 0 Å². The number of aromatic amines is 1. The zero-order valence-electron chi connectivity index (χ0n) is 14.2. The second-order valence-corrected chi connectivity index (χ2v) is 6.11. The van der Waals surface area contributed by atoms with Crippen molar-refractivity contribution in [2.24, 2.45) is 0 Å². The largest absolute Gasteiger partial charge is 0.461 e. The third-order valence-corrected chi connectivity index (χ3v) is 4.43. The lowest BCUT2D eigenvalue weighted by molar-refractivity contribution is 0.0520. The number of likely N-dealkylation sites (tertiary alicyclic amines) is 1. The molecule has 7 nitrogen and oxygen atoms in total. The van der Waals surface area contributed by atoms with Crippen LogP contribution in [0.5, 0.6) is 0 Å². The molecular weight excluding hydrogens is 306 g/mol. The van der Waals surface area contributed by atoms with Crippen LogP contribution < -0.4 is 0 Å². The maximum atomic E-state index is 12.0. The summed E-state index contributed by atoms with van der Waals surface area (Å²) in [5.41, 5.74) is 2.02. The van der Waals surface area contributed by atoms with E-state index in [1.165, 1.54) is 32.4 Å². The molecule has 0 saturated carbocycles. The first-order chi connectivity index (χ1) is 11.8. The van der Waals surface area contributed by atoms with E-state index in [2.05, 4.69) is 24.6 Å². The van der Waals surface area contributed by atoms with E-state index < -0.39 is 0 Å². The minimum Gasteiger partial charge on any atom is -0.461 e. The van der Waals surface area contributed by atoms with Gasteiger partial charge in [0.2, 0.25) is 0 Å². The number of hydrogen-bond acceptors (Lipinski definition) is 5. The van der Waals surface area contributed by atoms with Crippen LogP contribution in [-0.2, 0) is 11.3 Å². The number of nitrogens with one attached hydrogen (secondary N) is 1. The molecule has 0 radical (unpaired) electrons. The quantitative estimate of drug-likeness (QED) is 0.788. The second-order valence-electron chi connectivity index (χ2n) is 6.11. The van der Waals surface area contributed by atoms with Crippen LogP contribution in [0, 0.1) is 0 Å². The lowest BCUT2D eigenvalue weighted by Crippen LogP contribution is -2.31. The van der Waals surface area contributed by atoms with Gasteiger partial charge in [-0.05, 0) is 45.8 Å². The van der Waals surface area contributed by atoms with Crippen molar-refractivity contribution >= 4 is 5.97 Å². The molecule has 0 unspecified atom stereocenters. The molecule has 3 heterocycles. The molecule has 0 aliphatic carbocycles. The van der Waals surface area contributed by atoms with Gasteiger partial charge in [-0.15, -0.1) is 0 Å². The van der Waals surface area contributed by atoms with E-state index in [1.807, 2.05) is 6.33 Å². The zero-order valence-corrected chi connectivity index (χ0v) is 14.2. The number of carbonyl (C=O) groups is 1. The number of nitrogens with zero attached hydrogens (tertiary/aromatic N) is 4. The van der Waals surface area contributed by atoms with Crippen molar-refractivity contribution < 1.29 is 9.53 Å². The summed E-state index contributed by atoms with van der Waals surface area (Å²) in [6, 6.07) is 0. The van der Waals surface area contributed by atoms with Gasteiger partial charge in [0.05, 0.1) is 36.6 Å². The Balaban J connectivity index is 1.65. The standard InChI is InChI=1S/C17H25N5O2/c1-2-24-17(23)16-14(11-19-20-16)15-12-18-13-22(15)10-6-9-21-7-4-3-5-8-21/h11-13H,2-10H2,1H3,(H,19,20). The number of H-pyrrole nitrogens is 1. The van der Waals surface area contributed by atoms with E-state index in [4.69, 9.17) is 4.74 Å². The van der Waals surface area contributed by atoms with Crippen LogP contribution >= 0.6 is 0 Å². The molecule has 2 aromatic rings. The van der Waals surface area contributed by atoms with E-state index in [-0.39, 0.29) is 5.97 Å². The van der Waals surface area contributed by atoms with E-state index in [0.29, 0.717) is 12.3 Å². The first kappa shape index (κ1) is 16.7. The molecule has 1 N–H and O–H groups in total. The van der Waals surface area contributed by atoms with E-state index in [9.17, 15) is 4.79 Å². The van der Waals surface area contributed by atoms with E-state index in [1.54, 1.807) is 19.3 Å². The van der Waals surface area contributed by atoms with Crippen LogP contribution in [0.4, 0.5) is 0 Å². The molecule has 24 heavy (non-hydrogen) atoms. The maximum absolute atomic E-state index is 12.0. The molecule has 0 bridgehead atoms. The van der Waals surface area contributed by atoms with Gasteiger partial charge in [0.25, 0.3) is 0 Å². The van der Waals surface area contributed by atoms with Gasteiger partial charge in [0.15, 0.2) is 5.69 Å². The second kappa shape index (κ2) is 8.10. The van der Waals surface area contributed by atoms with Gasteiger partial charge in [0, 0.05) is 6.54 Å².